The second-order valence-electron chi connectivity index (χ2n) is 3.88. The van der Waals surface area contributed by atoms with E-state index in [9.17, 15) is 13.2 Å². The highest BCUT2D eigenvalue weighted by Gasteiger charge is 2.32. The van der Waals surface area contributed by atoms with Gasteiger partial charge in [-0.3, -0.25) is 0 Å². The molecule has 0 spiro atoms. The number of pyridine rings is 1. The van der Waals surface area contributed by atoms with Crippen molar-refractivity contribution in [2.45, 2.75) is 19.1 Å². The van der Waals surface area contributed by atoms with Crippen molar-refractivity contribution in [2.24, 2.45) is 5.73 Å². The van der Waals surface area contributed by atoms with Gasteiger partial charge in [0.05, 0.1) is 11.8 Å². The largest absolute Gasteiger partial charge is 0.419 e. The SMILES string of the molecule is C[C@H](N)c1cccnc1-n1cc(C(F)(F)F)cn1. The first-order chi connectivity index (χ1) is 8.39. The zero-order valence-corrected chi connectivity index (χ0v) is 9.52. The van der Waals surface area contributed by atoms with Gasteiger partial charge < -0.3 is 5.73 Å². The van der Waals surface area contributed by atoms with Gasteiger partial charge >= 0.3 is 6.18 Å². The molecule has 7 heteroatoms. The van der Waals surface area contributed by atoms with Crippen LogP contribution in [0.15, 0.2) is 30.7 Å². The average molecular weight is 256 g/mol. The highest BCUT2D eigenvalue weighted by atomic mass is 19.4. The zero-order valence-electron chi connectivity index (χ0n) is 9.52. The molecule has 2 rings (SSSR count). The van der Waals surface area contributed by atoms with Crippen LogP contribution >= 0.6 is 0 Å². The van der Waals surface area contributed by atoms with Crippen molar-refractivity contribution in [3.63, 3.8) is 0 Å². The molecule has 0 aliphatic rings. The molecule has 0 aliphatic heterocycles. The topological polar surface area (TPSA) is 56.7 Å². The van der Waals surface area contributed by atoms with Crippen LogP contribution in [-0.2, 0) is 6.18 Å². The van der Waals surface area contributed by atoms with Gasteiger partial charge in [0.1, 0.15) is 0 Å². The molecule has 2 N–H and O–H groups in total. The lowest BCUT2D eigenvalue weighted by Gasteiger charge is -2.10. The third-order valence-electron chi connectivity index (χ3n) is 2.43. The molecule has 0 fully saturated rings. The maximum atomic E-state index is 12.5. The molecule has 0 bridgehead atoms. The summed E-state index contributed by atoms with van der Waals surface area (Å²) in [7, 11) is 0. The van der Waals surface area contributed by atoms with Crippen LogP contribution in [0.2, 0.25) is 0 Å². The predicted molar refractivity (Wildman–Crippen MR) is 59.0 cm³/mol. The summed E-state index contributed by atoms with van der Waals surface area (Å²) in [4.78, 5) is 4.02. The Morgan fingerprint density at radius 1 is 1.39 bits per heavy atom. The molecule has 0 saturated carbocycles. The Morgan fingerprint density at radius 3 is 2.67 bits per heavy atom. The summed E-state index contributed by atoms with van der Waals surface area (Å²) >= 11 is 0. The van der Waals surface area contributed by atoms with Gasteiger partial charge in [-0.25, -0.2) is 9.67 Å². The Bertz CT molecular complexity index is 545. The summed E-state index contributed by atoms with van der Waals surface area (Å²) in [6.07, 6.45) is -1.27. The van der Waals surface area contributed by atoms with Crippen LogP contribution in [0.5, 0.6) is 0 Å². The van der Waals surface area contributed by atoms with Gasteiger partial charge in [0, 0.05) is 24.0 Å². The fraction of sp³-hybridized carbons (Fsp3) is 0.273. The molecule has 4 nitrogen and oxygen atoms in total. The molecule has 96 valence electrons. The molecule has 0 amide bonds. The molecule has 0 radical (unpaired) electrons. The Balaban J connectivity index is 2.47. The number of nitrogens with two attached hydrogens (primary N) is 1. The van der Waals surface area contributed by atoms with Crippen molar-refractivity contribution >= 4 is 0 Å². The van der Waals surface area contributed by atoms with Crippen LogP contribution in [0.4, 0.5) is 13.2 Å². The minimum Gasteiger partial charge on any atom is -0.324 e. The number of nitrogens with zero attached hydrogens (tertiary/aromatic N) is 3. The van der Waals surface area contributed by atoms with Crippen LogP contribution in [0.3, 0.4) is 0 Å². The lowest BCUT2D eigenvalue weighted by Crippen LogP contribution is -2.11. The molecule has 1 atom stereocenters. The van der Waals surface area contributed by atoms with E-state index in [-0.39, 0.29) is 6.04 Å². The number of hydrogen-bond acceptors (Lipinski definition) is 3. The van der Waals surface area contributed by atoms with Crippen molar-refractivity contribution in [1.82, 2.24) is 14.8 Å². The number of halogens is 3. The quantitative estimate of drug-likeness (QED) is 0.897. The molecule has 18 heavy (non-hydrogen) atoms. The zero-order chi connectivity index (χ0) is 13.3. The Kier molecular flexibility index (Phi) is 3.08. The number of aromatic nitrogens is 3. The maximum Gasteiger partial charge on any atom is 0.419 e. The minimum atomic E-state index is -4.42. The van der Waals surface area contributed by atoms with E-state index in [0.717, 1.165) is 17.1 Å². The van der Waals surface area contributed by atoms with Crippen molar-refractivity contribution in [3.05, 3.63) is 41.9 Å². The number of alkyl halides is 3. The van der Waals surface area contributed by atoms with Gasteiger partial charge in [-0.05, 0) is 13.0 Å². The fourth-order valence-corrected chi connectivity index (χ4v) is 1.54. The predicted octanol–water partition coefficient (Wildman–Crippen LogP) is 2.31. The second kappa shape index (κ2) is 4.41. The third kappa shape index (κ3) is 2.35. The van der Waals surface area contributed by atoms with Gasteiger partial charge in [-0.15, -0.1) is 0 Å². The van der Waals surface area contributed by atoms with E-state index in [4.69, 9.17) is 5.73 Å². The van der Waals surface area contributed by atoms with E-state index in [1.165, 1.54) is 6.20 Å². The Morgan fingerprint density at radius 2 is 2.11 bits per heavy atom. The van der Waals surface area contributed by atoms with Crippen LogP contribution in [-0.4, -0.2) is 14.8 Å². The second-order valence-corrected chi connectivity index (χ2v) is 3.88. The Hall–Kier alpha value is -1.89. The summed E-state index contributed by atoms with van der Waals surface area (Å²) in [5.41, 5.74) is 5.56. The first-order valence-electron chi connectivity index (χ1n) is 5.22. The van der Waals surface area contributed by atoms with Crippen molar-refractivity contribution in [3.8, 4) is 5.82 Å². The standard InChI is InChI=1S/C11H11F3N4/c1-7(15)9-3-2-4-16-10(9)18-6-8(5-17-18)11(12,13)14/h2-7H,15H2,1H3/t7-/m0/s1. The van der Waals surface area contributed by atoms with Crippen molar-refractivity contribution < 1.29 is 13.2 Å². The molecule has 2 aromatic rings. The summed E-state index contributed by atoms with van der Waals surface area (Å²) in [6.45, 7) is 1.73. The molecule has 2 aromatic heterocycles. The first kappa shape index (κ1) is 12.6. The highest BCUT2D eigenvalue weighted by molar-refractivity contribution is 5.35. The monoisotopic (exact) mass is 256 g/mol. The van der Waals surface area contributed by atoms with Gasteiger partial charge in [-0.1, -0.05) is 6.07 Å². The number of rotatable bonds is 2. The van der Waals surface area contributed by atoms with E-state index in [1.54, 1.807) is 19.1 Å². The van der Waals surface area contributed by atoms with E-state index in [1.807, 2.05) is 0 Å². The lowest BCUT2D eigenvalue weighted by atomic mass is 10.1. The van der Waals surface area contributed by atoms with Gasteiger partial charge in [-0.2, -0.15) is 18.3 Å². The number of hydrogen-bond donors (Lipinski definition) is 1. The lowest BCUT2D eigenvalue weighted by molar-refractivity contribution is -0.137. The molecule has 0 aliphatic carbocycles. The van der Waals surface area contributed by atoms with Crippen LogP contribution in [0.25, 0.3) is 5.82 Å². The summed E-state index contributed by atoms with van der Waals surface area (Å²) in [5.74, 6) is 0.308. The van der Waals surface area contributed by atoms with Gasteiger partial charge in [0.2, 0.25) is 0 Å². The van der Waals surface area contributed by atoms with E-state index >= 15 is 0 Å². The molecular formula is C11H11F3N4. The average Bonchev–Trinajstić information content (AvgIpc) is 2.77. The summed E-state index contributed by atoms with van der Waals surface area (Å²) < 4.78 is 38.5. The first-order valence-corrected chi connectivity index (χ1v) is 5.22. The molecule has 0 unspecified atom stereocenters. The van der Waals surface area contributed by atoms with Gasteiger partial charge in [0.15, 0.2) is 5.82 Å². The van der Waals surface area contributed by atoms with Crippen molar-refractivity contribution in [1.29, 1.82) is 0 Å². The summed E-state index contributed by atoms with van der Waals surface area (Å²) in [6, 6.07) is 3.05. The van der Waals surface area contributed by atoms with Crippen LogP contribution < -0.4 is 5.73 Å². The van der Waals surface area contributed by atoms with E-state index in [2.05, 4.69) is 10.1 Å². The molecule has 2 heterocycles. The fourth-order valence-electron chi connectivity index (χ4n) is 1.54. The summed E-state index contributed by atoms with van der Waals surface area (Å²) in [5, 5.41) is 3.67. The smallest absolute Gasteiger partial charge is 0.324 e. The van der Waals surface area contributed by atoms with E-state index in [0.29, 0.717) is 11.4 Å². The molecule has 0 saturated heterocycles. The highest BCUT2D eigenvalue weighted by Crippen LogP contribution is 2.29. The third-order valence-corrected chi connectivity index (χ3v) is 2.43. The normalized spacial score (nSPS) is 13.6. The van der Waals surface area contributed by atoms with Crippen LogP contribution in [0, 0.1) is 0 Å². The molecular weight excluding hydrogens is 245 g/mol. The van der Waals surface area contributed by atoms with Crippen molar-refractivity contribution in [2.75, 3.05) is 0 Å². The minimum absolute atomic E-state index is 0.308. The maximum absolute atomic E-state index is 12.5. The molecule has 0 aromatic carbocycles. The van der Waals surface area contributed by atoms with E-state index < -0.39 is 11.7 Å². The van der Waals surface area contributed by atoms with Gasteiger partial charge in [0.25, 0.3) is 0 Å². The Labute approximate surface area is 101 Å². The van der Waals surface area contributed by atoms with Crippen LogP contribution in [0.1, 0.15) is 24.1 Å².